The molecular weight excluding hydrogens is 477 g/mol. The van der Waals surface area contributed by atoms with Gasteiger partial charge >= 0.3 is 175 Å². The zero-order valence-electron chi connectivity index (χ0n) is 17.8. The van der Waals surface area contributed by atoms with Crippen molar-refractivity contribution in [2.75, 3.05) is 0 Å². The summed E-state index contributed by atoms with van der Waals surface area (Å²) >= 11 is -2.16. The number of hydrogen-bond acceptors (Lipinski definition) is 1. The van der Waals surface area contributed by atoms with Crippen molar-refractivity contribution in [1.82, 2.24) is 3.26 Å². The van der Waals surface area contributed by atoms with Crippen LogP contribution >= 0.6 is 0 Å². The third kappa shape index (κ3) is 3.33. The van der Waals surface area contributed by atoms with Crippen molar-refractivity contribution >= 4 is 16.5 Å². The SMILES string of the molecule is CC1=C(C)C(C)[C]([Zr]([NH]C(=O)C23CC4CC(CC(F)(C4)C2)C3)[GeH]([CH3])[CH3])=C1C. The number of carbonyl (C=O) groups is 1. The summed E-state index contributed by atoms with van der Waals surface area (Å²) < 4.78 is 20.7. The van der Waals surface area contributed by atoms with Crippen LogP contribution in [-0.4, -0.2) is 22.1 Å². The molecule has 3 atom stereocenters. The van der Waals surface area contributed by atoms with Crippen molar-refractivity contribution in [3.8, 4) is 0 Å². The fourth-order valence-electron chi connectivity index (χ4n) is 6.99. The molecule has 0 radical (unpaired) electrons. The van der Waals surface area contributed by atoms with E-state index in [1.807, 2.05) is 0 Å². The maximum absolute atomic E-state index is 15.3. The third-order valence-corrected chi connectivity index (χ3v) is 35.7. The van der Waals surface area contributed by atoms with E-state index in [4.69, 9.17) is 0 Å². The van der Waals surface area contributed by atoms with Crippen LogP contribution in [0.4, 0.5) is 4.39 Å². The minimum atomic E-state index is -2.16. The van der Waals surface area contributed by atoms with Gasteiger partial charge in [-0.2, -0.15) is 0 Å². The normalized spacial score (nSPS) is 40.4. The predicted molar refractivity (Wildman–Crippen MR) is 108 cm³/mol. The molecule has 5 aliphatic carbocycles. The van der Waals surface area contributed by atoms with Crippen LogP contribution < -0.4 is 3.26 Å². The van der Waals surface area contributed by atoms with Crippen LogP contribution in [0.3, 0.4) is 0 Å². The average molecular weight is 512 g/mol. The number of hydrogen-bond donors (Lipinski definition) is 1. The molecule has 0 aromatic rings. The van der Waals surface area contributed by atoms with E-state index in [1.54, 1.807) is 3.28 Å². The number of allylic oxidation sites excluding steroid dienone is 4. The number of amides is 1. The quantitative estimate of drug-likeness (QED) is 0.517. The molecule has 4 fully saturated rings. The van der Waals surface area contributed by atoms with Crippen LogP contribution in [0.5, 0.6) is 0 Å². The average Bonchev–Trinajstić information content (AvgIpc) is 2.74. The van der Waals surface area contributed by atoms with Gasteiger partial charge in [0.05, 0.1) is 0 Å². The first-order valence-electron chi connectivity index (χ1n) is 10.8. The van der Waals surface area contributed by atoms with Gasteiger partial charge in [-0.05, 0) is 0 Å². The molecule has 0 saturated heterocycles. The summed E-state index contributed by atoms with van der Waals surface area (Å²) in [5, 5.41) is 0. The van der Waals surface area contributed by atoms with E-state index in [0.717, 1.165) is 32.1 Å². The molecule has 0 aliphatic heterocycles. The predicted octanol–water partition coefficient (Wildman–Crippen LogP) is 5.19. The van der Waals surface area contributed by atoms with Gasteiger partial charge in [0, 0.05) is 0 Å². The Morgan fingerprint density at radius 3 is 2.15 bits per heavy atom. The van der Waals surface area contributed by atoms with Crippen LogP contribution in [0, 0.1) is 23.2 Å². The molecule has 0 spiro atoms. The summed E-state index contributed by atoms with van der Waals surface area (Å²) in [5.74, 6) is 6.61. The molecule has 3 unspecified atom stereocenters. The molecule has 5 heteroatoms. The molecule has 0 aromatic heterocycles. The van der Waals surface area contributed by atoms with E-state index < -0.39 is 35.8 Å². The molecule has 149 valence electrons. The van der Waals surface area contributed by atoms with Crippen molar-refractivity contribution in [3.05, 3.63) is 20.0 Å². The molecule has 27 heavy (non-hydrogen) atoms. The fraction of sp³-hybridized carbons (Fsp3) is 0.773. The number of rotatable bonds is 4. The molecule has 4 bridgehead atoms. The third-order valence-electron chi connectivity index (χ3n) is 8.23. The molecular formula is C22H35FGeNOZr. The second-order valence-corrected chi connectivity index (χ2v) is 41.2. The molecule has 0 heterocycles. The monoisotopic (exact) mass is 512 g/mol. The Hall–Kier alpha value is 0.306. The summed E-state index contributed by atoms with van der Waals surface area (Å²) in [6.45, 7) is 9.12. The van der Waals surface area contributed by atoms with Crippen LogP contribution in [0.15, 0.2) is 20.0 Å². The number of nitrogens with one attached hydrogen (secondary N) is 1. The standard InChI is InChI=1S/C11H16FNO.C9H13.C2H7Ge.Zr/c12-11-4-7-1-8(5-11)3-10(2-7,6-11)9(13)14;1-6-5-7(2)9(4)8(6)3;1-3-2;/h7-8H,1-6H2,(H2,13,14);6H,1-4H3;3H,1-2H3;/q;;;+1/p-1. The number of alkyl halides is 1. The van der Waals surface area contributed by atoms with E-state index in [2.05, 4.69) is 42.5 Å². The Morgan fingerprint density at radius 1 is 1.11 bits per heavy atom. The zero-order valence-corrected chi connectivity index (χ0v) is 22.7. The van der Waals surface area contributed by atoms with Crippen LogP contribution in [-0.2, 0) is 24.3 Å². The number of halogens is 1. The van der Waals surface area contributed by atoms with Gasteiger partial charge in [-0.1, -0.05) is 0 Å². The van der Waals surface area contributed by atoms with Gasteiger partial charge in [-0.15, -0.1) is 0 Å². The van der Waals surface area contributed by atoms with E-state index in [9.17, 15) is 4.79 Å². The van der Waals surface area contributed by atoms with E-state index >= 15 is 4.39 Å². The second kappa shape index (κ2) is 6.93. The van der Waals surface area contributed by atoms with E-state index in [0.29, 0.717) is 24.2 Å². The van der Waals surface area contributed by atoms with E-state index in [1.165, 1.54) is 16.7 Å². The first-order valence-corrected chi connectivity index (χ1v) is 26.7. The van der Waals surface area contributed by atoms with Crippen LogP contribution in [0.1, 0.15) is 66.2 Å². The summed E-state index contributed by atoms with van der Waals surface area (Å²) in [7, 11) is -1.47. The maximum atomic E-state index is 15.3. The van der Waals surface area contributed by atoms with Crippen molar-refractivity contribution in [3.63, 3.8) is 0 Å². The Labute approximate surface area is 174 Å². The summed E-state index contributed by atoms with van der Waals surface area (Å²) in [6.07, 6.45) is 5.01. The van der Waals surface area contributed by atoms with Gasteiger partial charge in [-0.3, -0.25) is 0 Å². The van der Waals surface area contributed by atoms with Crippen molar-refractivity contribution < 1.29 is 28.7 Å². The van der Waals surface area contributed by atoms with Gasteiger partial charge < -0.3 is 0 Å². The molecule has 4 saturated carbocycles. The summed E-state index contributed by atoms with van der Waals surface area (Å²) in [6, 6.07) is 0. The van der Waals surface area contributed by atoms with Gasteiger partial charge in [0.15, 0.2) is 0 Å². The van der Waals surface area contributed by atoms with Crippen LogP contribution in [0.25, 0.3) is 0 Å². The van der Waals surface area contributed by atoms with Crippen LogP contribution in [0.2, 0.25) is 11.5 Å². The van der Waals surface area contributed by atoms with Crippen molar-refractivity contribution in [2.24, 2.45) is 23.2 Å². The zero-order chi connectivity index (χ0) is 19.7. The first kappa shape index (κ1) is 20.6. The van der Waals surface area contributed by atoms with Gasteiger partial charge in [0.1, 0.15) is 0 Å². The topological polar surface area (TPSA) is 29.1 Å². The summed E-state index contributed by atoms with van der Waals surface area (Å²) in [5.41, 5.74) is 2.99. The van der Waals surface area contributed by atoms with Gasteiger partial charge in [0.2, 0.25) is 0 Å². The van der Waals surface area contributed by atoms with Gasteiger partial charge in [0.25, 0.3) is 0 Å². The molecule has 2 nitrogen and oxygen atoms in total. The molecule has 0 aromatic carbocycles. The van der Waals surface area contributed by atoms with Gasteiger partial charge in [-0.25, -0.2) is 0 Å². The molecule has 1 amide bonds. The second-order valence-electron chi connectivity index (χ2n) is 10.5. The fourth-order valence-corrected chi connectivity index (χ4v) is 32.7. The molecule has 1 N–H and O–H groups in total. The van der Waals surface area contributed by atoms with Crippen molar-refractivity contribution in [1.29, 1.82) is 0 Å². The number of carbonyl (C=O) groups excluding carboxylic acids is 1. The Balaban J connectivity index is 1.60. The molecule has 5 rings (SSSR count). The molecule has 5 aliphatic rings. The van der Waals surface area contributed by atoms with Crippen molar-refractivity contribution in [2.45, 2.75) is 83.4 Å². The Kier molecular flexibility index (Phi) is 5.28. The first-order chi connectivity index (χ1) is 12.6. The van der Waals surface area contributed by atoms with E-state index in [-0.39, 0.29) is 11.3 Å². The minimum absolute atomic E-state index is 0.266. The Bertz CT molecular complexity index is 729. The summed E-state index contributed by atoms with van der Waals surface area (Å²) in [4.78, 5) is 13.7. The Morgan fingerprint density at radius 2 is 1.70 bits per heavy atom.